The molecule has 0 aromatic heterocycles. The summed E-state index contributed by atoms with van der Waals surface area (Å²) in [7, 11) is -0.132. The molecule has 3 saturated heterocycles. The van der Waals surface area contributed by atoms with E-state index in [4.69, 9.17) is 12.6 Å². The monoisotopic (exact) mass is 318 g/mol. The molecule has 1 spiro atoms. The Morgan fingerprint density at radius 1 is 0.864 bits per heavy atom. The van der Waals surface area contributed by atoms with Crippen LogP contribution in [0.1, 0.15) is 10.8 Å². The van der Waals surface area contributed by atoms with E-state index in [2.05, 4.69) is 48.5 Å². The van der Waals surface area contributed by atoms with Crippen LogP contribution in [0.15, 0.2) is 53.4 Å². The molecule has 3 aliphatic rings. The second kappa shape index (κ2) is 3.13. The molecule has 106 valence electrons. The second-order valence-electron chi connectivity index (χ2n) is 7.13. The van der Waals surface area contributed by atoms with E-state index in [0.717, 1.165) is 10.5 Å². The molecule has 3 aliphatic heterocycles. The highest BCUT2D eigenvalue weighted by Gasteiger charge is 2.94. The zero-order valence-electron chi connectivity index (χ0n) is 11.9. The van der Waals surface area contributed by atoms with Gasteiger partial charge in [0.25, 0.3) is 0 Å². The third-order valence-corrected chi connectivity index (χ3v) is 11.4. The Balaban J connectivity index is 1.76. The zero-order valence-corrected chi connectivity index (χ0v) is 13.6. The molecule has 0 radical (unpaired) electrons. The molecule has 4 atom stereocenters. The van der Waals surface area contributed by atoms with Gasteiger partial charge in [-0.2, -0.15) is 0 Å². The second-order valence-corrected chi connectivity index (χ2v) is 11.4. The molecule has 4 unspecified atom stereocenters. The summed E-state index contributed by atoms with van der Waals surface area (Å²) in [6.45, 7) is 0. The Kier molecular flexibility index (Phi) is 1.59. The SMILES string of the molecule is Sc1c(C2C3C4CS423)c2cccc3ccc4cccc1c4c32. The maximum Gasteiger partial charge on any atom is 0.0279 e. The molecule has 4 aromatic rings. The molecule has 0 bridgehead atoms. The normalized spacial score (nSPS) is 37.0. The molecule has 0 aliphatic carbocycles. The average molecular weight is 318 g/mol. The lowest BCUT2D eigenvalue weighted by molar-refractivity contribution is 0.958. The van der Waals surface area contributed by atoms with Gasteiger partial charge in [0.2, 0.25) is 0 Å². The summed E-state index contributed by atoms with van der Waals surface area (Å²) >= 11 is 5.03. The Labute approximate surface area is 135 Å². The van der Waals surface area contributed by atoms with Gasteiger partial charge in [-0.3, -0.25) is 0 Å². The summed E-state index contributed by atoms with van der Waals surface area (Å²) in [6, 6.07) is 18.1. The highest BCUT2D eigenvalue weighted by molar-refractivity contribution is 8.53. The van der Waals surface area contributed by atoms with Crippen molar-refractivity contribution in [3.8, 4) is 0 Å². The summed E-state index contributed by atoms with van der Waals surface area (Å²) in [4.78, 5) is 1.27. The molecular weight excluding hydrogens is 304 g/mol. The van der Waals surface area contributed by atoms with Crippen LogP contribution in [0.2, 0.25) is 0 Å². The van der Waals surface area contributed by atoms with Gasteiger partial charge in [0.1, 0.15) is 0 Å². The molecule has 2 heteroatoms. The predicted octanol–water partition coefficient (Wildman–Crippen LogP) is 5.50. The Bertz CT molecular complexity index is 1140. The van der Waals surface area contributed by atoms with Crippen molar-refractivity contribution in [1.29, 1.82) is 0 Å². The zero-order chi connectivity index (χ0) is 14.2. The van der Waals surface area contributed by atoms with Gasteiger partial charge in [0.15, 0.2) is 0 Å². The largest absolute Gasteiger partial charge is 0.222 e. The van der Waals surface area contributed by atoms with E-state index in [1.165, 1.54) is 42.5 Å². The number of hydrogen-bond donors (Lipinski definition) is 1. The molecule has 7 rings (SSSR count). The van der Waals surface area contributed by atoms with Gasteiger partial charge in [-0.1, -0.05) is 48.5 Å². The quantitative estimate of drug-likeness (QED) is 0.267. The molecule has 4 aromatic carbocycles. The third-order valence-electron chi connectivity index (χ3n) is 6.36. The maximum atomic E-state index is 5.03. The van der Waals surface area contributed by atoms with Gasteiger partial charge in [0, 0.05) is 20.6 Å². The summed E-state index contributed by atoms with van der Waals surface area (Å²) in [6.07, 6.45) is 0. The number of thiol groups is 1. The van der Waals surface area contributed by atoms with E-state index in [1.807, 2.05) is 0 Å². The molecule has 0 saturated carbocycles. The highest BCUT2D eigenvalue weighted by Crippen LogP contribution is 3.14. The average Bonchev–Trinajstić information content (AvgIpc) is 3.46. The van der Waals surface area contributed by atoms with Crippen LogP contribution < -0.4 is 0 Å². The van der Waals surface area contributed by atoms with E-state index < -0.39 is 0 Å². The topological polar surface area (TPSA) is 0 Å². The Morgan fingerprint density at radius 2 is 1.50 bits per heavy atom. The van der Waals surface area contributed by atoms with Crippen LogP contribution in [0.4, 0.5) is 0 Å². The van der Waals surface area contributed by atoms with Gasteiger partial charge >= 0.3 is 0 Å². The van der Waals surface area contributed by atoms with Crippen molar-refractivity contribution in [3.63, 3.8) is 0 Å². The van der Waals surface area contributed by atoms with E-state index in [0.29, 0.717) is 0 Å². The third kappa shape index (κ3) is 0.985. The predicted molar refractivity (Wildman–Crippen MR) is 100 cm³/mol. The van der Waals surface area contributed by atoms with Crippen LogP contribution in [0.5, 0.6) is 0 Å². The van der Waals surface area contributed by atoms with Crippen molar-refractivity contribution in [3.05, 3.63) is 54.1 Å². The van der Waals surface area contributed by atoms with Crippen molar-refractivity contribution in [2.75, 3.05) is 5.75 Å². The van der Waals surface area contributed by atoms with Crippen LogP contribution in [-0.2, 0) is 0 Å². The van der Waals surface area contributed by atoms with Crippen LogP contribution in [0.25, 0.3) is 32.3 Å². The fourth-order valence-corrected chi connectivity index (χ4v) is 10.8. The van der Waals surface area contributed by atoms with Crippen molar-refractivity contribution >= 4 is 55.0 Å². The Hall–Kier alpha value is -1.38. The fraction of sp³-hybridized carbons (Fsp3) is 0.200. The fourth-order valence-electron chi connectivity index (χ4n) is 5.08. The number of fused-ring (bicyclic) bond motifs is 1. The van der Waals surface area contributed by atoms with Gasteiger partial charge in [-0.15, -0.1) is 12.6 Å². The molecule has 3 fully saturated rings. The summed E-state index contributed by atoms with van der Waals surface area (Å²) in [5, 5.41) is 11.6. The molecule has 0 nitrogen and oxygen atoms in total. The standard InChI is InChI=1S/C20H14S2/c21-18-13-6-2-4-11-8-7-10-3-1-5-12(15(10)16(11)13)17(18)20-19-14-9-22(14,19)20/h1-8,14,19-21H,9H2. The van der Waals surface area contributed by atoms with Gasteiger partial charge in [0.05, 0.1) is 0 Å². The van der Waals surface area contributed by atoms with Crippen LogP contribution in [0.3, 0.4) is 0 Å². The Morgan fingerprint density at radius 3 is 2.14 bits per heavy atom. The molecular formula is C20H14S2. The van der Waals surface area contributed by atoms with Crippen molar-refractivity contribution in [2.45, 2.75) is 20.6 Å². The van der Waals surface area contributed by atoms with Gasteiger partial charge < -0.3 is 0 Å². The maximum absolute atomic E-state index is 5.03. The van der Waals surface area contributed by atoms with Crippen LogP contribution in [0, 0.1) is 0 Å². The highest BCUT2D eigenvalue weighted by atomic mass is 32.3. The van der Waals surface area contributed by atoms with Gasteiger partial charge in [-0.05, 0) is 43.6 Å². The number of rotatable bonds is 1. The van der Waals surface area contributed by atoms with Crippen molar-refractivity contribution in [2.24, 2.45) is 0 Å². The van der Waals surface area contributed by atoms with E-state index in [9.17, 15) is 0 Å². The first-order chi connectivity index (χ1) is 10.8. The number of hydrogen-bond acceptors (Lipinski definition) is 1. The summed E-state index contributed by atoms with van der Waals surface area (Å²) in [5.74, 6) is 1.56. The molecule has 22 heavy (non-hydrogen) atoms. The van der Waals surface area contributed by atoms with E-state index in [-0.39, 0.29) is 10.0 Å². The first kappa shape index (κ1) is 11.2. The lowest BCUT2D eigenvalue weighted by atomic mass is 9.89. The van der Waals surface area contributed by atoms with E-state index >= 15 is 0 Å². The lowest BCUT2D eigenvalue weighted by Gasteiger charge is -2.18. The lowest BCUT2D eigenvalue weighted by Crippen LogP contribution is -1.98. The molecule has 0 N–H and O–H groups in total. The molecule has 0 amide bonds. The van der Waals surface area contributed by atoms with Gasteiger partial charge in [-0.25, -0.2) is 10.0 Å². The minimum Gasteiger partial charge on any atom is -0.222 e. The van der Waals surface area contributed by atoms with Crippen molar-refractivity contribution in [1.82, 2.24) is 0 Å². The first-order valence-electron chi connectivity index (χ1n) is 7.98. The minimum absolute atomic E-state index is 0.132. The van der Waals surface area contributed by atoms with Crippen LogP contribution in [-0.4, -0.2) is 16.3 Å². The van der Waals surface area contributed by atoms with E-state index in [1.54, 1.807) is 11.3 Å². The minimum atomic E-state index is -0.132. The summed E-state index contributed by atoms with van der Waals surface area (Å²) in [5.41, 5.74) is 1.59. The van der Waals surface area contributed by atoms with Crippen LogP contribution >= 0.6 is 22.7 Å². The smallest absolute Gasteiger partial charge is 0.0279 e. The van der Waals surface area contributed by atoms with Crippen molar-refractivity contribution < 1.29 is 0 Å². The summed E-state index contributed by atoms with van der Waals surface area (Å²) < 4.78 is 0. The molecule has 3 heterocycles. The first-order valence-corrected chi connectivity index (χ1v) is 10.4. The number of benzene rings is 4.